The van der Waals surface area contributed by atoms with Crippen LogP contribution in [0.1, 0.15) is 12.1 Å². The second-order valence-electron chi connectivity index (χ2n) is 4.20. The second-order valence-corrected chi connectivity index (χ2v) is 5.88. The number of nitrogens with zero attached hydrogens (tertiary/aromatic N) is 1. The predicted molar refractivity (Wildman–Crippen MR) is 81.0 cm³/mol. The molecule has 1 fully saturated rings. The van der Waals surface area contributed by atoms with Crippen LogP contribution in [0.3, 0.4) is 0 Å². The van der Waals surface area contributed by atoms with E-state index in [1.165, 1.54) is 0 Å². The Kier molecular flexibility index (Phi) is 4.43. The van der Waals surface area contributed by atoms with E-state index in [9.17, 15) is 14.4 Å². The second kappa shape index (κ2) is 6.10. The highest BCUT2D eigenvalue weighted by Gasteiger charge is 2.41. The molecule has 2 rings (SSSR count). The first-order valence-corrected chi connectivity index (χ1v) is 7.04. The molecule has 4 N–H and O–H groups in total. The average molecular weight is 325 g/mol. The molecule has 1 unspecified atom stereocenters. The van der Waals surface area contributed by atoms with Crippen molar-refractivity contribution in [1.29, 1.82) is 0 Å². The summed E-state index contributed by atoms with van der Waals surface area (Å²) in [6.07, 6.45) is 2.78. The fourth-order valence-corrected chi connectivity index (χ4v) is 3.15. The van der Waals surface area contributed by atoms with Crippen molar-refractivity contribution in [3.8, 4) is 0 Å². The number of hydrogen-bond acceptors (Lipinski definition) is 5. The summed E-state index contributed by atoms with van der Waals surface area (Å²) in [6, 6.07) is 2.13. The van der Waals surface area contributed by atoms with Gasteiger partial charge < -0.3 is 15.8 Å². The van der Waals surface area contributed by atoms with Gasteiger partial charge in [0.25, 0.3) is 5.91 Å². The van der Waals surface area contributed by atoms with E-state index in [4.69, 9.17) is 23.1 Å². The predicted octanol–water partition coefficient (Wildman–Crippen LogP) is 0.544. The van der Waals surface area contributed by atoms with Crippen LogP contribution in [0.15, 0.2) is 23.2 Å². The molecule has 2 amide bonds. The largest absolute Gasteiger partial charge is 0.480 e. The van der Waals surface area contributed by atoms with Gasteiger partial charge in [-0.1, -0.05) is 24.0 Å². The number of carbonyl (C=O) groups is 3. The first kappa shape index (κ1) is 15.3. The summed E-state index contributed by atoms with van der Waals surface area (Å²) in [7, 11) is 0. The highest BCUT2D eigenvalue weighted by Crippen LogP contribution is 2.34. The molecule has 0 aromatic carbocycles. The Bertz CT molecular complexity index is 639. The standard InChI is InChI=1S/C12H11N3O4S2/c13-9(16)5-7(11(18)19)15-10(17)8(21-12(15)20)4-6-2-1-3-14-6/h1-4,7,14H,5H2,(H2,13,16)(H,18,19)/b8-4+. The Morgan fingerprint density at radius 1 is 1.57 bits per heavy atom. The van der Waals surface area contributed by atoms with E-state index < -0.39 is 30.2 Å². The third-order valence-electron chi connectivity index (χ3n) is 2.72. The number of amides is 2. The Labute approximate surface area is 129 Å². The van der Waals surface area contributed by atoms with Crippen LogP contribution in [0.4, 0.5) is 0 Å². The molecule has 0 spiro atoms. The lowest BCUT2D eigenvalue weighted by atomic mass is 10.1. The fraction of sp³-hybridized carbons (Fsp3) is 0.167. The monoisotopic (exact) mass is 325 g/mol. The quantitative estimate of drug-likeness (QED) is 0.537. The van der Waals surface area contributed by atoms with Gasteiger partial charge in [-0.3, -0.25) is 14.5 Å². The molecule has 1 aliphatic rings. The molecule has 2 heterocycles. The van der Waals surface area contributed by atoms with Crippen molar-refractivity contribution in [2.45, 2.75) is 12.5 Å². The molecule has 1 aromatic heterocycles. The number of primary amides is 1. The minimum atomic E-state index is -1.38. The van der Waals surface area contributed by atoms with Crippen LogP contribution in [0.25, 0.3) is 6.08 Å². The molecular weight excluding hydrogens is 314 g/mol. The molecule has 7 nitrogen and oxygen atoms in total. The summed E-state index contributed by atoms with van der Waals surface area (Å²) in [6.45, 7) is 0. The first-order chi connectivity index (χ1) is 9.90. The fourth-order valence-electron chi connectivity index (χ4n) is 1.80. The number of aromatic nitrogens is 1. The van der Waals surface area contributed by atoms with Gasteiger partial charge in [-0.25, -0.2) is 4.79 Å². The molecule has 110 valence electrons. The Morgan fingerprint density at radius 3 is 2.81 bits per heavy atom. The van der Waals surface area contributed by atoms with Gasteiger partial charge in [-0.05, 0) is 18.2 Å². The zero-order chi connectivity index (χ0) is 15.6. The molecule has 1 aromatic rings. The SMILES string of the molecule is NC(=O)CC(C(=O)O)N1C(=O)/C(=C\c2ccc[nH]2)SC1=S. The maximum absolute atomic E-state index is 12.3. The minimum Gasteiger partial charge on any atom is -0.480 e. The third kappa shape index (κ3) is 3.31. The lowest BCUT2D eigenvalue weighted by Crippen LogP contribution is -2.46. The van der Waals surface area contributed by atoms with Crippen LogP contribution in [-0.4, -0.2) is 43.1 Å². The van der Waals surface area contributed by atoms with Crippen molar-refractivity contribution >= 4 is 52.2 Å². The number of aliphatic carboxylic acids is 1. The summed E-state index contributed by atoms with van der Waals surface area (Å²) in [5, 5.41) is 9.16. The van der Waals surface area contributed by atoms with E-state index in [-0.39, 0.29) is 9.23 Å². The van der Waals surface area contributed by atoms with E-state index in [1.807, 2.05) is 0 Å². The average Bonchev–Trinajstić information content (AvgIpc) is 2.97. The van der Waals surface area contributed by atoms with Crippen molar-refractivity contribution in [2.24, 2.45) is 5.73 Å². The molecule has 0 saturated carbocycles. The molecule has 0 radical (unpaired) electrons. The number of thioether (sulfide) groups is 1. The van der Waals surface area contributed by atoms with Gasteiger partial charge in [0.1, 0.15) is 10.4 Å². The number of nitrogens with one attached hydrogen (secondary N) is 1. The number of carboxylic acids is 1. The Hall–Kier alpha value is -2.13. The van der Waals surface area contributed by atoms with Crippen LogP contribution in [-0.2, 0) is 14.4 Å². The van der Waals surface area contributed by atoms with Gasteiger partial charge >= 0.3 is 5.97 Å². The van der Waals surface area contributed by atoms with Crippen molar-refractivity contribution in [3.63, 3.8) is 0 Å². The van der Waals surface area contributed by atoms with Gasteiger partial charge in [0, 0.05) is 11.9 Å². The summed E-state index contributed by atoms with van der Waals surface area (Å²) >= 11 is 6.03. The van der Waals surface area contributed by atoms with E-state index in [2.05, 4.69) is 4.98 Å². The molecule has 1 saturated heterocycles. The van der Waals surface area contributed by atoms with Gasteiger partial charge in [0.05, 0.1) is 11.3 Å². The molecule has 0 bridgehead atoms. The van der Waals surface area contributed by atoms with Gasteiger partial charge in [0.2, 0.25) is 5.91 Å². The van der Waals surface area contributed by atoms with Gasteiger partial charge in [-0.15, -0.1) is 0 Å². The van der Waals surface area contributed by atoms with Crippen molar-refractivity contribution in [2.75, 3.05) is 0 Å². The molecule has 0 aliphatic carbocycles. The molecule has 21 heavy (non-hydrogen) atoms. The summed E-state index contributed by atoms with van der Waals surface area (Å²) < 4.78 is 0.0893. The smallest absolute Gasteiger partial charge is 0.327 e. The number of rotatable bonds is 5. The normalized spacial score (nSPS) is 18.3. The summed E-state index contributed by atoms with van der Waals surface area (Å²) in [5.74, 6) is -2.69. The number of H-pyrrole nitrogens is 1. The van der Waals surface area contributed by atoms with Crippen LogP contribution in [0.2, 0.25) is 0 Å². The number of aromatic amines is 1. The van der Waals surface area contributed by atoms with Gasteiger partial charge in [-0.2, -0.15) is 0 Å². The molecule has 1 atom stereocenters. The zero-order valence-corrected chi connectivity index (χ0v) is 12.2. The van der Waals surface area contributed by atoms with Crippen LogP contribution < -0.4 is 5.73 Å². The van der Waals surface area contributed by atoms with Crippen LogP contribution in [0.5, 0.6) is 0 Å². The maximum atomic E-state index is 12.3. The molecule has 9 heteroatoms. The van der Waals surface area contributed by atoms with Gasteiger partial charge in [0.15, 0.2) is 0 Å². The van der Waals surface area contributed by atoms with Crippen molar-refractivity contribution in [1.82, 2.24) is 9.88 Å². The van der Waals surface area contributed by atoms with E-state index in [0.29, 0.717) is 5.69 Å². The zero-order valence-electron chi connectivity index (χ0n) is 10.6. The topological polar surface area (TPSA) is 116 Å². The lowest BCUT2D eigenvalue weighted by Gasteiger charge is -2.21. The number of thiocarbonyl (C=S) groups is 1. The van der Waals surface area contributed by atoms with E-state index in [1.54, 1.807) is 24.4 Å². The Balaban J connectivity index is 2.29. The Morgan fingerprint density at radius 2 is 2.29 bits per heavy atom. The van der Waals surface area contributed by atoms with E-state index in [0.717, 1.165) is 16.7 Å². The number of nitrogens with two attached hydrogens (primary N) is 1. The number of hydrogen-bond donors (Lipinski definition) is 3. The van der Waals surface area contributed by atoms with E-state index >= 15 is 0 Å². The summed E-state index contributed by atoms with van der Waals surface area (Å²) in [5.41, 5.74) is 5.72. The molecule has 1 aliphatic heterocycles. The molecular formula is C12H11N3O4S2. The van der Waals surface area contributed by atoms with Crippen molar-refractivity contribution < 1.29 is 19.5 Å². The maximum Gasteiger partial charge on any atom is 0.327 e. The van der Waals surface area contributed by atoms with Crippen LogP contribution >= 0.6 is 24.0 Å². The first-order valence-electron chi connectivity index (χ1n) is 5.81. The minimum absolute atomic E-state index is 0.0893. The van der Waals surface area contributed by atoms with Crippen molar-refractivity contribution in [3.05, 3.63) is 28.9 Å². The highest BCUT2D eigenvalue weighted by atomic mass is 32.2. The lowest BCUT2D eigenvalue weighted by molar-refractivity contribution is -0.146. The third-order valence-corrected chi connectivity index (χ3v) is 4.05. The summed E-state index contributed by atoms with van der Waals surface area (Å²) in [4.78, 5) is 38.6. The number of carbonyl (C=O) groups excluding carboxylic acids is 2. The van der Waals surface area contributed by atoms with Crippen LogP contribution in [0, 0.1) is 0 Å². The highest BCUT2D eigenvalue weighted by molar-refractivity contribution is 8.26. The number of carboxylic acid groups (broad SMARTS) is 1.